The molecule has 1 aliphatic heterocycles. The van der Waals surface area contributed by atoms with Crippen LogP contribution in [0.15, 0.2) is 0 Å². The molecule has 0 bridgehead atoms. The third-order valence-corrected chi connectivity index (χ3v) is 4.47. The Morgan fingerprint density at radius 1 is 1.53 bits per heavy atom. The average molecular weight is 255 g/mol. The Labute approximate surface area is 105 Å². The molecule has 0 fully saturated rings. The van der Waals surface area contributed by atoms with Crippen molar-refractivity contribution in [2.24, 2.45) is 0 Å². The number of ether oxygens (including phenoxy) is 1. The number of rotatable bonds is 2. The fourth-order valence-electron chi connectivity index (χ4n) is 2.34. The summed E-state index contributed by atoms with van der Waals surface area (Å²) in [7, 11) is 1.40. The van der Waals surface area contributed by atoms with Crippen LogP contribution >= 0.6 is 11.3 Å². The Kier molecular flexibility index (Phi) is 3.40. The van der Waals surface area contributed by atoms with Crippen LogP contribution in [0.3, 0.4) is 0 Å². The molecule has 1 aliphatic rings. The highest BCUT2D eigenvalue weighted by Crippen LogP contribution is 2.32. The lowest BCUT2D eigenvalue weighted by atomic mass is 10.0. The first-order chi connectivity index (χ1) is 8.04. The SMILES string of the molecule is COC(=O)c1c(N)sc2c1CC[NH+](C(C)C)C2. The van der Waals surface area contributed by atoms with Gasteiger partial charge >= 0.3 is 5.97 Å². The average Bonchev–Trinajstić information content (AvgIpc) is 2.62. The number of fused-ring (bicyclic) bond motifs is 1. The van der Waals surface area contributed by atoms with E-state index in [1.54, 1.807) is 4.90 Å². The molecule has 3 N–H and O–H groups in total. The van der Waals surface area contributed by atoms with Crippen molar-refractivity contribution in [1.82, 2.24) is 0 Å². The molecule has 4 nitrogen and oxygen atoms in total. The first kappa shape index (κ1) is 12.4. The lowest BCUT2D eigenvalue weighted by molar-refractivity contribution is -0.936. The molecule has 2 rings (SSSR count). The Morgan fingerprint density at radius 2 is 2.24 bits per heavy atom. The molecule has 0 spiro atoms. The molecular weight excluding hydrogens is 236 g/mol. The van der Waals surface area contributed by atoms with Gasteiger partial charge in [-0.15, -0.1) is 11.3 Å². The number of nitrogens with one attached hydrogen (secondary N) is 1. The van der Waals surface area contributed by atoms with Crippen LogP contribution in [0.4, 0.5) is 5.00 Å². The van der Waals surface area contributed by atoms with E-state index in [1.165, 1.54) is 23.3 Å². The third-order valence-electron chi connectivity index (χ3n) is 3.41. The summed E-state index contributed by atoms with van der Waals surface area (Å²) in [5.41, 5.74) is 7.65. The number of nitrogens with two attached hydrogens (primary N) is 1. The van der Waals surface area contributed by atoms with Gasteiger partial charge in [-0.05, 0) is 19.4 Å². The molecule has 0 aliphatic carbocycles. The lowest BCUT2D eigenvalue weighted by Crippen LogP contribution is -3.14. The minimum Gasteiger partial charge on any atom is -0.465 e. The highest BCUT2D eigenvalue weighted by molar-refractivity contribution is 7.16. The number of hydrogen-bond acceptors (Lipinski definition) is 4. The van der Waals surface area contributed by atoms with Crippen molar-refractivity contribution in [3.63, 3.8) is 0 Å². The van der Waals surface area contributed by atoms with Crippen LogP contribution in [-0.4, -0.2) is 25.7 Å². The monoisotopic (exact) mass is 255 g/mol. The Hall–Kier alpha value is -1.07. The van der Waals surface area contributed by atoms with Crippen molar-refractivity contribution in [2.75, 3.05) is 19.4 Å². The van der Waals surface area contributed by atoms with E-state index < -0.39 is 0 Å². The van der Waals surface area contributed by atoms with E-state index in [1.807, 2.05) is 0 Å². The van der Waals surface area contributed by atoms with Gasteiger partial charge in [0.05, 0.1) is 30.1 Å². The van der Waals surface area contributed by atoms with Crippen molar-refractivity contribution < 1.29 is 14.4 Å². The second kappa shape index (κ2) is 4.66. The van der Waals surface area contributed by atoms with Crippen LogP contribution in [0.1, 0.15) is 34.6 Å². The molecule has 0 aromatic carbocycles. The minimum atomic E-state index is -0.298. The van der Waals surface area contributed by atoms with Crippen molar-refractivity contribution in [2.45, 2.75) is 32.9 Å². The summed E-state index contributed by atoms with van der Waals surface area (Å²) in [5, 5.41) is 0.604. The summed E-state index contributed by atoms with van der Waals surface area (Å²) in [6, 6.07) is 0.605. The zero-order valence-corrected chi connectivity index (χ0v) is 11.3. The standard InChI is InChI=1S/C12H18N2O2S/c1-7(2)14-5-4-8-9(6-14)17-11(13)10(8)12(15)16-3/h7H,4-6,13H2,1-3H3/p+1. The molecule has 2 heterocycles. The predicted molar refractivity (Wildman–Crippen MR) is 68.4 cm³/mol. The van der Waals surface area contributed by atoms with Gasteiger partial charge in [-0.3, -0.25) is 0 Å². The minimum absolute atomic E-state index is 0.298. The van der Waals surface area contributed by atoms with E-state index in [-0.39, 0.29) is 5.97 Å². The van der Waals surface area contributed by atoms with Gasteiger partial charge in [0.15, 0.2) is 0 Å². The number of carbonyl (C=O) groups excluding carboxylic acids is 1. The van der Waals surface area contributed by atoms with Gasteiger partial charge < -0.3 is 15.4 Å². The summed E-state index contributed by atoms with van der Waals surface area (Å²) in [4.78, 5) is 14.5. The van der Waals surface area contributed by atoms with Crippen LogP contribution in [0.25, 0.3) is 0 Å². The van der Waals surface area contributed by atoms with Crippen molar-refractivity contribution in [1.29, 1.82) is 0 Å². The van der Waals surface area contributed by atoms with Gasteiger partial charge in [-0.2, -0.15) is 0 Å². The molecule has 1 aromatic heterocycles. The number of esters is 1. The van der Waals surface area contributed by atoms with Crippen molar-refractivity contribution >= 4 is 22.3 Å². The van der Waals surface area contributed by atoms with Crippen LogP contribution in [0.5, 0.6) is 0 Å². The van der Waals surface area contributed by atoms with E-state index in [2.05, 4.69) is 13.8 Å². The third kappa shape index (κ3) is 2.17. The topological polar surface area (TPSA) is 56.8 Å². The largest absolute Gasteiger partial charge is 0.465 e. The van der Waals surface area contributed by atoms with Gasteiger partial charge in [0.1, 0.15) is 11.5 Å². The van der Waals surface area contributed by atoms with Gasteiger partial charge in [0.2, 0.25) is 0 Å². The van der Waals surface area contributed by atoms with Gasteiger partial charge in [-0.25, -0.2) is 4.79 Å². The maximum absolute atomic E-state index is 11.7. The quantitative estimate of drug-likeness (QED) is 0.755. The summed E-state index contributed by atoms with van der Waals surface area (Å²) >= 11 is 1.54. The second-order valence-corrected chi connectivity index (χ2v) is 5.86. The fraction of sp³-hybridized carbons (Fsp3) is 0.583. The van der Waals surface area contributed by atoms with Crippen LogP contribution < -0.4 is 10.6 Å². The number of nitrogen functional groups attached to an aromatic ring is 1. The van der Waals surface area contributed by atoms with Crippen molar-refractivity contribution in [3.05, 3.63) is 16.0 Å². The first-order valence-electron chi connectivity index (χ1n) is 5.87. The summed E-state index contributed by atoms with van der Waals surface area (Å²) in [6.07, 6.45) is 0.918. The van der Waals surface area contributed by atoms with Gasteiger partial charge in [0.25, 0.3) is 0 Å². The highest BCUT2D eigenvalue weighted by Gasteiger charge is 2.30. The fourth-order valence-corrected chi connectivity index (χ4v) is 3.50. The zero-order valence-electron chi connectivity index (χ0n) is 10.5. The molecular formula is C12H19N2O2S+. The van der Waals surface area contributed by atoms with Gasteiger partial charge in [0, 0.05) is 6.42 Å². The lowest BCUT2D eigenvalue weighted by Gasteiger charge is -2.27. The maximum Gasteiger partial charge on any atom is 0.341 e. The number of methoxy groups -OCH3 is 1. The van der Waals surface area contributed by atoms with Crippen LogP contribution in [0.2, 0.25) is 0 Å². The second-order valence-electron chi connectivity index (χ2n) is 4.72. The highest BCUT2D eigenvalue weighted by atomic mass is 32.1. The molecule has 17 heavy (non-hydrogen) atoms. The molecule has 1 aromatic rings. The molecule has 5 heteroatoms. The van der Waals surface area contributed by atoms with E-state index >= 15 is 0 Å². The number of anilines is 1. The molecule has 0 saturated carbocycles. The van der Waals surface area contributed by atoms with E-state index in [4.69, 9.17) is 10.5 Å². The zero-order chi connectivity index (χ0) is 12.6. The molecule has 0 saturated heterocycles. The Bertz CT molecular complexity index is 440. The first-order valence-corrected chi connectivity index (χ1v) is 6.69. The molecule has 1 atom stereocenters. The van der Waals surface area contributed by atoms with E-state index in [0.717, 1.165) is 25.1 Å². The Balaban J connectivity index is 2.34. The van der Waals surface area contributed by atoms with Crippen LogP contribution in [0, 0.1) is 0 Å². The predicted octanol–water partition coefficient (Wildman–Crippen LogP) is 0.466. The molecule has 0 radical (unpaired) electrons. The van der Waals surface area contributed by atoms with E-state index in [0.29, 0.717) is 16.6 Å². The van der Waals surface area contributed by atoms with Crippen LogP contribution in [-0.2, 0) is 17.7 Å². The van der Waals surface area contributed by atoms with Gasteiger partial charge in [-0.1, -0.05) is 0 Å². The number of quaternary nitrogens is 1. The summed E-state index contributed by atoms with van der Waals surface area (Å²) in [5.74, 6) is -0.298. The molecule has 94 valence electrons. The summed E-state index contributed by atoms with van der Waals surface area (Å²) in [6.45, 7) is 6.47. The summed E-state index contributed by atoms with van der Waals surface area (Å²) < 4.78 is 4.80. The number of thiophene rings is 1. The molecule has 0 amide bonds. The Morgan fingerprint density at radius 3 is 2.82 bits per heavy atom. The normalized spacial score (nSPS) is 19.2. The van der Waals surface area contributed by atoms with E-state index in [9.17, 15) is 4.79 Å². The maximum atomic E-state index is 11.7. The number of carbonyl (C=O) groups is 1. The smallest absolute Gasteiger partial charge is 0.341 e. The van der Waals surface area contributed by atoms with Crippen molar-refractivity contribution in [3.8, 4) is 0 Å². The molecule has 1 unspecified atom stereocenters. The number of hydrogen-bond donors (Lipinski definition) is 2.